The summed E-state index contributed by atoms with van der Waals surface area (Å²) in [5, 5.41) is 25.8. The third-order valence-corrected chi connectivity index (χ3v) is 3.82. The maximum Gasteiger partial charge on any atom is 0.258 e. The predicted octanol–water partition coefficient (Wildman–Crippen LogP) is 3.88. The van der Waals surface area contributed by atoms with Crippen LogP contribution in [0.2, 0.25) is 10.0 Å². The fourth-order valence-corrected chi connectivity index (χ4v) is 2.49. The fraction of sp³-hybridized carbons (Fsp3) is 0. The summed E-state index contributed by atoms with van der Waals surface area (Å²) in [6.07, 6.45) is 0. The van der Waals surface area contributed by atoms with E-state index in [2.05, 4.69) is 30.7 Å². The van der Waals surface area contributed by atoms with Gasteiger partial charge in [-0.05, 0) is 40.6 Å². The number of anilines is 2. The van der Waals surface area contributed by atoms with Gasteiger partial charge in [-0.3, -0.25) is 4.79 Å². The molecule has 1 aromatic heterocycles. The predicted molar refractivity (Wildman–Crippen MR) is 97.1 cm³/mol. The van der Waals surface area contributed by atoms with E-state index in [0.29, 0.717) is 10.7 Å². The number of oxime groups is 1. The van der Waals surface area contributed by atoms with E-state index in [1.165, 1.54) is 0 Å². The van der Waals surface area contributed by atoms with E-state index < -0.39 is 5.91 Å². The van der Waals surface area contributed by atoms with Gasteiger partial charge in [-0.15, -0.1) is 0 Å². The molecule has 0 aliphatic heterocycles. The lowest BCUT2D eigenvalue weighted by molar-refractivity contribution is 0.102. The third-order valence-electron chi connectivity index (χ3n) is 3.25. The molecule has 1 amide bonds. The van der Waals surface area contributed by atoms with Crippen molar-refractivity contribution in [3.63, 3.8) is 0 Å². The second kappa shape index (κ2) is 7.85. The van der Waals surface area contributed by atoms with Crippen molar-refractivity contribution in [1.29, 1.82) is 0 Å². The molecule has 0 aliphatic carbocycles. The molecule has 0 radical (unpaired) electrons. The van der Waals surface area contributed by atoms with Gasteiger partial charge in [0, 0.05) is 10.7 Å². The quantitative estimate of drug-likeness (QED) is 0.269. The van der Waals surface area contributed by atoms with Gasteiger partial charge in [0.05, 0.1) is 10.6 Å². The van der Waals surface area contributed by atoms with Crippen molar-refractivity contribution >= 4 is 46.4 Å². The number of amidine groups is 1. The summed E-state index contributed by atoms with van der Waals surface area (Å²) >= 11 is 11.9. The molecule has 3 rings (SSSR count). The standard InChI is InChI=1S/C16H11Cl2N5O3/c17-9-4-3-5-10(8-9)19-14(21-25)13-15(23-26-22-13)20-16(24)11-6-1-2-7-12(11)18/h1-8,25H,(H,19,21)(H,20,23,24). The zero-order chi connectivity index (χ0) is 18.5. The van der Waals surface area contributed by atoms with Gasteiger partial charge in [0.25, 0.3) is 5.91 Å². The van der Waals surface area contributed by atoms with Crippen LogP contribution in [0, 0.1) is 0 Å². The zero-order valence-electron chi connectivity index (χ0n) is 13.0. The van der Waals surface area contributed by atoms with Gasteiger partial charge < -0.3 is 15.8 Å². The molecule has 132 valence electrons. The Hall–Kier alpha value is -3.10. The summed E-state index contributed by atoms with van der Waals surface area (Å²) in [5.41, 5.74) is 0.776. The van der Waals surface area contributed by atoms with Crippen LogP contribution in [-0.4, -0.2) is 27.3 Å². The minimum atomic E-state index is -0.521. The summed E-state index contributed by atoms with van der Waals surface area (Å²) in [6, 6.07) is 13.2. The molecule has 1 heterocycles. The molecule has 2 aromatic carbocycles. The number of nitrogens with one attached hydrogen (secondary N) is 2. The Kier molecular flexibility index (Phi) is 5.35. The lowest BCUT2D eigenvalue weighted by Gasteiger charge is -2.08. The molecule has 0 aliphatic rings. The van der Waals surface area contributed by atoms with Gasteiger partial charge in [-0.1, -0.05) is 46.6 Å². The van der Waals surface area contributed by atoms with E-state index in [0.717, 1.165) is 0 Å². The van der Waals surface area contributed by atoms with E-state index in [9.17, 15) is 10.0 Å². The second-order valence-corrected chi connectivity index (χ2v) is 5.82. The van der Waals surface area contributed by atoms with Crippen LogP contribution in [0.3, 0.4) is 0 Å². The van der Waals surface area contributed by atoms with Crippen molar-refractivity contribution in [2.75, 3.05) is 10.6 Å². The maximum absolute atomic E-state index is 12.4. The van der Waals surface area contributed by atoms with Crippen molar-refractivity contribution in [3.8, 4) is 0 Å². The molecular formula is C16H11Cl2N5O3. The van der Waals surface area contributed by atoms with Gasteiger partial charge in [0.1, 0.15) is 0 Å². The van der Waals surface area contributed by atoms with Crippen molar-refractivity contribution in [2.24, 2.45) is 5.16 Å². The summed E-state index contributed by atoms with van der Waals surface area (Å²) in [4.78, 5) is 12.4. The minimum absolute atomic E-state index is 0.00659. The summed E-state index contributed by atoms with van der Waals surface area (Å²) in [6.45, 7) is 0. The monoisotopic (exact) mass is 391 g/mol. The lowest BCUT2D eigenvalue weighted by Crippen LogP contribution is -2.19. The number of carbonyl (C=O) groups is 1. The van der Waals surface area contributed by atoms with Crippen molar-refractivity contribution in [3.05, 3.63) is 69.8 Å². The molecule has 0 saturated carbocycles. The highest BCUT2D eigenvalue weighted by Crippen LogP contribution is 2.20. The Labute approximate surface area is 157 Å². The SMILES string of the molecule is O=C(Nc1nonc1/C(=N\O)Nc1cccc(Cl)c1)c1ccccc1Cl. The molecule has 0 fully saturated rings. The molecule has 0 spiro atoms. The van der Waals surface area contributed by atoms with E-state index in [1.54, 1.807) is 48.5 Å². The van der Waals surface area contributed by atoms with E-state index in [4.69, 9.17) is 23.2 Å². The van der Waals surface area contributed by atoms with Crippen LogP contribution in [0.4, 0.5) is 11.5 Å². The topological polar surface area (TPSA) is 113 Å². The number of halogens is 2. The number of benzene rings is 2. The minimum Gasteiger partial charge on any atom is -0.409 e. The molecule has 26 heavy (non-hydrogen) atoms. The zero-order valence-corrected chi connectivity index (χ0v) is 14.5. The lowest BCUT2D eigenvalue weighted by atomic mass is 10.2. The largest absolute Gasteiger partial charge is 0.409 e. The number of rotatable bonds is 4. The molecule has 0 atom stereocenters. The average Bonchev–Trinajstić information content (AvgIpc) is 3.08. The highest BCUT2D eigenvalue weighted by Gasteiger charge is 2.21. The number of amides is 1. The van der Waals surface area contributed by atoms with Crippen molar-refractivity contribution < 1.29 is 14.6 Å². The van der Waals surface area contributed by atoms with Crippen LogP contribution in [-0.2, 0) is 0 Å². The first-order valence-corrected chi connectivity index (χ1v) is 7.97. The highest BCUT2D eigenvalue weighted by molar-refractivity contribution is 6.34. The molecule has 3 N–H and O–H groups in total. The Morgan fingerprint density at radius 1 is 1.08 bits per heavy atom. The normalized spacial score (nSPS) is 11.2. The van der Waals surface area contributed by atoms with Crippen LogP contribution in [0.1, 0.15) is 16.1 Å². The third kappa shape index (κ3) is 3.93. The molecule has 0 saturated heterocycles. The number of nitrogens with zero attached hydrogens (tertiary/aromatic N) is 3. The van der Waals surface area contributed by atoms with Crippen LogP contribution in [0.25, 0.3) is 0 Å². The molecular weight excluding hydrogens is 381 g/mol. The van der Waals surface area contributed by atoms with E-state index in [-0.39, 0.29) is 27.9 Å². The molecule has 8 nitrogen and oxygen atoms in total. The van der Waals surface area contributed by atoms with Gasteiger partial charge >= 0.3 is 0 Å². The smallest absolute Gasteiger partial charge is 0.258 e. The number of aromatic nitrogens is 2. The van der Waals surface area contributed by atoms with Crippen LogP contribution in [0.5, 0.6) is 0 Å². The molecule has 0 bridgehead atoms. The highest BCUT2D eigenvalue weighted by atomic mass is 35.5. The molecule has 10 heteroatoms. The first-order valence-electron chi connectivity index (χ1n) is 7.22. The number of carbonyl (C=O) groups excluding carboxylic acids is 1. The Bertz CT molecular complexity index is 974. The first kappa shape index (κ1) is 17.7. The van der Waals surface area contributed by atoms with Crippen LogP contribution < -0.4 is 10.6 Å². The average molecular weight is 392 g/mol. The van der Waals surface area contributed by atoms with Crippen molar-refractivity contribution in [1.82, 2.24) is 10.3 Å². The summed E-state index contributed by atoms with van der Waals surface area (Å²) in [5.74, 6) is -0.659. The molecule has 3 aromatic rings. The first-order chi connectivity index (χ1) is 12.6. The van der Waals surface area contributed by atoms with E-state index >= 15 is 0 Å². The van der Waals surface area contributed by atoms with Gasteiger partial charge in [-0.25, -0.2) is 4.63 Å². The maximum atomic E-state index is 12.4. The molecule has 0 unspecified atom stereocenters. The Morgan fingerprint density at radius 3 is 2.62 bits per heavy atom. The Morgan fingerprint density at radius 2 is 1.88 bits per heavy atom. The van der Waals surface area contributed by atoms with Gasteiger partial charge in [0.2, 0.25) is 11.7 Å². The van der Waals surface area contributed by atoms with Gasteiger partial charge in [-0.2, -0.15) is 0 Å². The second-order valence-electron chi connectivity index (χ2n) is 4.98. The Balaban J connectivity index is 1.83. The fourth-order valence-electron chi connectivity index (χ4n) is 2.08. The van der Waals surface area contributed by atoms with Gasteiger partial charge in [0.15, 0.2) is 5.69 Å². The van der Waals surface area contributed by atoms with E-state index in [1.807, 2.05) is 0 Å². The van der Waals surface area contributed by atoms with Crippen molar-refractivity contribution in [2.45, 2.75) is 0 Å². The van der Waals surface area contributed by atoms with Crippen LogP contribution in [0.15, 0.2) is 58.3 Å². The number of hydrogen-bond donors (Lipinski definition) is 3. The number of hydrogen-bond acceptors (Lipinski definition) is 6. The summed E-state index contributed by atoms with van der Waals surface area (Å²) in [7, 11) is 0. The van der Waals surface area contributed by atoms with Crippen LogP contribution >= 0.6 is 23.2 Å². The summed E-state index contributed by atoms with van der Waals surface area (Å²) < 4.78 is 4.65.